The van der Waals surface area contributed by atoms with Gasteiger partial charge in [-0.2, -0.15) is 5.26 Å². The zero-order valence-electron chi connectivity index (χ0n) is 9.84. The minimum atomic E-state index is 0.0699. The van der Waals surface area contributed by atoms with E-state index in [1.54, 1.807) is 0 Å². The van der Waals surface area contributed by atoms with Crippen LogP contribution in [0.3, 0.4) is 0 Å². The van der Waals surface area contributed by atoms with Gasteiger partial charge < -0.3 is 10.2 Å². The molecule has 4 nitrogen and oxygen atoms in total. The third kappa shape index (κ3) is 4.53. The predicted octanol–water partition coefficient (Wildman–Crippen LogP) is 0.539. The number of hydrogen-bond acceptors (Lipinski definition) is 4. The van der Waals surface area contributed by atoms with E-state index in [-0.39, 0.29) is 13.2 Å². The molecule has 2 N–H and O–H groups in total. The van der Waals surface area contributed by atoms with Crippen molar-refractivity contribution < 1.29 is 10.2 Å². The van der Waals surface area contributed by atoms with E-state index in [0.717, 1.165) is 11.1 Å². The van der Waals surface area contributed by atoms with Crippen LogP contribution < -0.4 is 0 Å². The molecule has 0 aromatic heterocycles. The van der Waals surface area contributed by atoms with Gasteiger partial charge in [-0.25, -0.2) is 0 Å². The number of rotatable bonds is 7. The molecule has 0 atom stereocenters. The van der Waals surface area contributed by atoms with Crippen molar-refractivity contribution in [2.24, 2.45) is 0 Å². The van der Waals surface area contributed by atoms with Gasteiger partial charge in [0, 0.05) is 19.6 Å². The molecule has 1 rings (SSSR count). The van der Waals surface area contributed by atoms with Gasteiger partial charge in [-0.3, -0.25) is 4.90 Å². The van der Waals surface area contributed by atoms with Crippen molar-refractivity contribution in [3.05, 3.63) is 35.4 Å². The summed E-state index contributed by atoms with van der Waals surface area (Å²) in [4.78, 5) is 1.97. The number of nitrogens with zero attached hydrogens (tertiary/aromatic N) is 2. The summed E-state index contributed by atoms with van der Waals surface area (Å²) in [5, 5.41) is 26.6. The molecule has 17 heavy (non-hydrogen) atoms. The van der Waals surface area contributed by atoms with Crippen LogP contribution in [0, 0.1) is 11.3 Å². The van der Waals surface area contributed by atoms with Gasteiger partial charge in [0.2, 0.25) is 0 Å². The molecule has 1 aromatic rings. The first-order valence-electron chi connectivity index (χ1n) is 5.69. The third-order valence-electron chi connectivity index (χ3n) is 2.61. The topological polar surface area (TPSA) is 67.5 Å². The highest BCUT2D eigenvalue weighted by Gasteiger charge is 2.07. The van der Waals surface area contributed by atoms with E-state index in [1.807, 2.05) is 29.2 Å². The molecular formula is C13H18N2O2. The monoisotopic (exact) mass is 234 g/mol. The first-order chi connectivity index (χ1) is 8.31. The number of nitriles is 1. The lowest BCUT2D eigenvalue weighted by Gasteiger charge is -2.21. The van der Waals surface area contributed by atoms with Crippen molar-refractivity contribution in [2.45, 2.75) is 13.0 Å². The molecule has 0 unspecified atom stereocenters. The number of aliphatic hydroxyl groups is 2. The maximum Gasteiger partial charge on any atom is 0.0669 e. The average Bonchev–Trinajstić information content (AvgIpc) is 2.33. The molecule has 0 saturated carbocycles. The van der Waals surface area contributed by atoms with E-state index in [2.05, 4.69) is 6.07 Å². The Balaban J connectivity index is 2.74. The Morgan fingerprint density at radius 1 is 1.06 bits per heavy atom. The van der Waals surface area contributed by atoms with Crippen LogP contribution in [0.5, 0.6) is 0 Å². The van der Waals surface area contributed by atoms with Crippen LogP contribution in [-0.4, -0.2) is 41.4 Å². The van der Waals surface area contributed by atoms with Gasteiger partial charge in [0.15, 0.2) is 0 Å². The maximum absolute atomic E-state index is 8.94. The van der Waals surface area contributed by atoms with Gasteiger partial charge in [-0.05, 0) is 11.1 Å². The normalized spacial score (nSPS) is 10.5. The summed E-state index contributed by atoms with van der Waals surface area (Å²) >= 11 is 0. The fourth-order valence-electron chi connectivity index (χ4n) is 1.76. The van der Waals surface area contributed by atoms with Gasteiger partial charge in [-0.15, -0.1) is 0 Å². The van der Waals surface area contributed by atoms with Crippen molar-refractivity contribution >= 4 is 0 Å². The van der Waals surface area contributed by atoms with Gasteiger partial charge in [-0.1, -0.05) is 24.3 Å². The molecule has 0 aliphatic carbocycles. The Bertz CT molecular complexity index is 368. The van der Waals surface area contributed by atoms with E-state index in [0.29, 0.717) is 26.1 Å². The second-order valence-corrected chi connectivity index (χ2v) is 3.83. The van der Waals surface area contributed by atoms with Gasteiger partial charge in [0.25, 0.3) is 0 Å². The number of hydrogen-bond donors (Lipinski definition) is 2. The van der Waals surface area contributed by atoms with Crippen LogP contribution in [0.2, 0.25) is 0 Å². The highest BCUT2D eigenvalue weighted by molar-refractivity contribution is 5.29. The quantitative estimate of drug-likeness (QED) is 0.722. The first-order valence-corrected chi connectivity index (χ1v) is 5.69. The zero-order valence-corrected chi connectivity index (χ0v) is 9.84. The molecule has 0 spiro atoms. The summed E-state index contributed by atoms with van der Waals surface area (Å²) in [6.45, 7) is 1.85. The Morgan fingerprint density at radius 2 is 1.65 bits per heavy atom. The van der Waals surface area contributed by atoms with E-state index >= 15 is 0 Å². The predicted molar refractivity (Wildman–Crippen MR) is 65.2 cm³/mol. The fourth-order valence-corrected chi connectivity index (χ4v) is 1.76. The molecule has 0 aliphatic rings. The minimum Gasteiger partial charge on any atom is -0.395 e. The third-order valence-corrected chi connectivity index (χ3v) is 2.61. The van der Waals surface area contributed by atoms with Crippen LogP contribution in [0.4, 0.5) is 0 Å². The van der Waals surface area contributed by atoms with Gasteiger partial charge in [0.1, 0.15) is 0 Å². The Morgan fingerprint density at radius 3 is 2.18 bits per heavy atom. The van der Waals surface area contributed by atoms with Gasteiger partial charge >= 0.3 is 0 Å². The van der Waals surface area contributed by atoms with Crippen LogP contribution in [0.25, 0.3) is 0 Å². The average molecular weight is 234 g/mol. The Kier molecular flexibility index (Phi) is 6.26. The molecule has 92 valence electrons. The van der Waals surface area contributed by atoms with Crippen LogP contribution in [0.1, 0.15) is 11.1 Å². The highest BCUT2D eigenvalue weighted by atomic mass is 16.3. The van der Waals surface area contributed by atoms with Crippen LogP contribution in [0.15, 0.2) is 24.3 Å². The van der Waals surface area contributed by atoms with Crippen molar-refractivity contribution in [1.82, 2.24) is 4.90 Å². The molecule has 0 fully saturated rings. The van der Waals surface area contributed by atoms with Crippen molar-refractivity contribution in [1.29, 1.82) is 5.26 Å². The lowest BCUT2D eigenvalue weighted by Crippen LogP contribution is -2.29. The molecule has 0 heterocycles. The van der Waals surface area contributed by atoms with E-state index in [1.165, 1.54) is 0 Å². The largest absolute Gasteiger partial charge is 0.395 e. The van der Waals surface area contributed by atoms with Crippen molar-refractivity contribution in [3.63, 3.8) is 0 Å². The number of benzene rings is 1. The van der Waals surface area contributed by atoms with E-state index in [9.17, 15) is 0 Å². The van der Waals surface area contributed by atoms with E-state index in [4.69, 9.17) is 15.5 Å². The summed E-state index contributed by atoms with van der Waals surface area (Å²) in [5.41, 5.74) is 2.09. The molecular weight excluding hydrogens is 216 g/mol. The fraction of sp³-hybridized carbons (Fsp3) is 0.462. The molecule has 0 radical (unpaired) electrons. The first kappa shape index (κ1) is 13.7. The zero-order chi connectivity index (χ0) is 12.5. The molecule has 0 saturated heterocycles. The Labute approximate surface area is 102 Å². The lowest BCUT2D eigenvalue weighted by molar-refractivity contribution is 0.155. The molecule has 1 aromatic carbocycles. The number of aliphatic hydroxyl groups excluding tert-OH is 2. The summed E-state index contributed by atoms with van der Waals surface area (Å²) < 4.78 is 0. The maximum atomic E-state index is 8.94. The summed E-state index contributed by atoms with van der Waals surface area (Å²) in [6, 6.07) is 9.92. The van der Waals surface area contributed by atoms with E-state index < -0.39 is 0 Å². The van der Waals surface area contributed by atoms with Gasteiger partial charge in [0.05, 0.1) is 25.7 Å². The summed E-state index contributed by atoms with van der Waals surface area (Å²) in [6.07, 6.45) is 0.391. The summed E-state index contributed by atoms with van der Waals surface area (Å²) in [7, 11) is 0. The Hall–Kier alpha value is -1.41. The smallest absolute Gasteiger partial charge is 0.0669 e. The molecule has 0 amide bonds. The highest BCUT2D eigenvalue weighted by Crippen LogP contribution is 2.12. The van der Waals surface area contributed by atoms with Crippen molar-refractivity contribution in [2.75, 3.05) is 26.3 Å². The van der Waals surface area contributed by atoms with Crippen LogP contribution in [-0.2, 0) is 13.0 Å². The molecule has 4 heteroatoms. The lowest BCUT2D eigenvalue weighted by atomic mass is 10.0. The van der Waals surface area contributed by atoms with Crippen molar-refractivity contribution in [3.8, 4) is 6.07 Å². The SMILES string of the molecule is N#CCc1ccccc1CN(CCO)CCO. The molecule has 0 bridgehead atoms. The van der Waals surface area contributed by atoms with Crippen LogP contribution >= 0.6 is 0 Å². The minimum absolute atomic E-state index is 0.0699. The standard InChI is InChI=1S/C13H18N2O2/c14-6-5-12-3-1-2-4-13(12)11-15(7-9-16)8-10-17/h1-4,16-17H,5,7-11H2. The molecule has 0 aliphatic heterocycles. The second-order valence-electron chi connectivity index (χ2n) is 3.83. The second kappa shape index (κ2) is 7.80. The summed E-state index contributed by atoms with van der Waals surface area (Å²) in [5.74, 6) is 0.